The predicted molar refractivity (Wildman–Crippen MR) is 70.1 cm³/mol. The van der Waals surface area contributed by atoms with Crippen LogP contribution in [0.3, 0.4) is 0 Å². The van der Waals surface area contributed by atoms with Gasteiger partial charge in [-0.05, 0) is 31.9 Å². The molecule has 1 heterocycles. The molecule has 0 aliphatic carbocycles. The van der Waals surface area contributed by atoms with Gasteiger partial charge in [0.25, 0.3) is 0 Å². The Morgan fingerprint density at radius 1 is 1.39 bits per heavy atom. The van der Waals surface area contributed by atoms with Gasteiger partial charge < -0.3 is 15.4 Å². The van der Waals surface area contributed by atoms with Crippen LogP contribution in [-0.4, -0.2) is 30.2 Å². The van der Waals surface area contributed by atoms with Crippen LogP contribution in [-0.2, 0) is 11.3 Å². The molecule has 1 aromatic rings. The lowest BCUT2D eigenvalue weighted by Crippen LogP contribution is -2.24. The summed E-state index contributed by atoms with van der Waals surface area (Å²) < 4.78 is 5.30. The van der Waals surface area contributed by atoms with E-state index in [4.69, 9.17) is 10.5 Å². The maximum Gasteiger partial charge on any atom is 0.410 e. The van der Waals surface area contributed by atoms with Crippen molar-refractivity contribution in [1.82, 2.24) is 4.90 Å². The van der Waals surface area contributed by atoms with E-state index >= 15 is 0 Å². The number of nitrogens with zero attached hydrogens (tertiary/aromatic N) is 1. The highest BCUT2D eigenvalue weighted by Gasteiger charge is 2.30. The average Bonchev–Trinajstić information content (AvgIpc) is 2.70. The van der Waals surface area contributed by atoms with E-state index in [2.05, 4.69) is 31.2 Å². The molecule has 2 rings (SSSR count). The van der Waals surface area contributed by atoms with Crippen LogP contribution in [0.4, 0.5) is 4.79 Å². The van der Waals surface area contributed by atoms with E-state index in [1.807, 2.05) is 0 Å². The van der Waals surface area contributed by atoms with Gasteiger partial charge in [0.05, 0.1) is 6.54 Å². The fourth-order valence-corrected chi connectivity index (χ4v) is 2.11. The van der Waals surface area contributed by atoms with Crippen molar-refractivity contribution < 1.29 is 9.53 Å². The van der Waals surface area contributed by atoms with Gasteiger partial charge in [0.2, 0.25) is 0 Å². The number of ether oxygens (including phenoxy) is 1. The van der Waals surface area contributed by atoms with Crippen molar-refractivity contribution in [2.24, 2.45) is 5.73 Å². The highest BCUT2D eigenvalue weighted by Crippen LogP contribution is 2.18. The normalized spacial score (nSPS) is 19.1. The van der Waals surface area contributed by atoms with Crippen LogP contribution in [0.5, 0.6) is 0 Å². The van der Waals surface area contributed by atoms with Crippen LogP contribution >= 0.6 is 0 Å². The molecule has 1 aliphatic heterocycles. The SMILES string of the molecule is Cc1ccc(CN2CC(CCCN)OC2=O)cc1. The summed E-state index contributed by atoms with van der Waals surface area (Å²) in [6.07, 6.45) is 1.55. The molecule has 4 heteroatoms. The van der Waals surface area contributed by atoms with E-state index in [1.54, 1.807) is 4.90 Å². The number of nitrogens with two attached hydrogens (primary N) is 1. The molecule has 4 nitrogen and oxygen atoms in total. The van der Waals surface area contributed by atoms with Crippen LogP contribution in [0, 0.1) is 6.92 Å². The lowest BCUT2D eigenvalue weighted by molar-refractivity contribution is 0.127. The second-order valence-electron chi connectivity index (χ2n) is 4.80. The van der Waals surface area contributed by atoms with Crippen LogP contribution in [0.15, 0.2) is 24.3 Å². The Bertz CT molecular complexity index is 403. The van der Waals surface area contributed by atoms with E-state index < -0.39 is 0 Å². The third-order valence-corrected chi connectivity index (χ3v) is 3.17. The van der Waals surface area contributed by atoms with E-state index in [9.17, 15) is 4.79 Å². The Hall–Kier alpha value is -1.55. The minimum Gasteiger partial charge on any atom is -0.444 e. The van der Waals surface area contributed by atoms with Gasteiger partial charge in [0.15, 0.2) is 0 Å². The van der Waals surface area contributed by atoms with Gasteiger partial charge >= 0.3 is 6.09 Å². The maximum absolute atomic E-state index is 11.7. The fraction of sp³-hybridized carbons (Fsp3) is 0.500. The fourth-order valence-electron chi connectivity index (χ4n) is 2.11. The number of hydrogen-bond donors (Lipinski definition) is 1. The third-order valence-electron chi connectivity index (χ3n) is 3.17. The van der Waals surface area contributed by atoms with Crippen molar-refractivity contribution in [1.29, 1.82) is 0 Å². The maximum atomic E-state index is 11.7. The Morgan fingerprint density at radius 2 is 2.11 bits per heavy atom. The van der Waals surface area contributed by atoms with Crippen molar-refractivity contribution >= 4 is 6.09 Å². The number of amides is 1. The van der Waals surface area contributed by atoms with Crippen LogP contribution < -0.4 is 5.73 Å². The van der Waals surface area contributed by atoms with Crippen molar-refractivity contribution in [2.45, 2.75) is 32.4 Å². The number of carbonyl (C=O) groups excluding carboxylic acids is 1. The summed E-state index contributed by atoms with van der Waals surface area (Å²) in [5, 5.41) is 0. The molecule has 1 aromatic carbocycles. The van der Waals surface area contributed by atoms with Crippen molar-refractivity contribution in [3.8, 4) is 0 Å². The highest BCUT2D eigenvalue weighted by molar-refractivity contribution is 5.69. The summed E-state index contributed by atoms with van der Waals surface area (Å²) in [6, 6.07) is 8.22. The van der Waals surface area contributed by atoms with Crippen LogP contribution in [0.2, 0.25) is 0 Å². The molecule has 0 spiro atoms. The van der Waals surface area contributed by atoms with E-state index in [1.165, 1.54) is 5.56 Å². The summed E-state index contributed by atoms with van der Waals surface area (Å²) in [7, 11) is 0. The molecule has 1 atom stereocenters. The Labute approximate surface area is 108 Å². The smallest absolute Gasteiger partial charge is 0.410 e. The number of hydrogen-bond acceptors (Lipinski definition) is 3. The number of rotatable bonds is 5. The first-order valence-electron chi connectivity index (χ1n) is 6.40. The summed E-state index contributed by atoms with van der Waals surface area (Å²) in [5.41, 5.74) is 7.82. The monoisotopic (exact) mass is 248 g/mol. The minimum absolute atomic E-state index is 0.00602. The quantitative estimate of drug-likeness (QED) is 0.867. The Balaban J connectivity index is 1.90. The Morgan fingerprint density at radius 3 is 2.78 bits per heavy atom. The first kappa shape index (κ1) is 12.9. The number of cyclic esters (lactones) is 1. The zero-order valence-electron chi connectivity index (χ0n) is 10.8. The lowest BCUT2D eigenvalue weighted by atomic mass is 10.1. The molecule has 0 radical (unpaired) electrons. The number of benzene rings is 1. The van der Waals surface area contributed by atoms with Crippen molar-refractivity contribution in [3.63, 3.8) is 0 Å². The topological polar surface area (TPSA) is 55.6 Å². The first-order valence-corrected chi connectivity index (χ1v) is 6.40. The molecule has 1 unspecified atom stereocenters. The molecule has 0 bridgehead atoms. The van der Waals surface area contributed by atoms with E-state index in [0.717, 1.165) is 18.4 Å². The van der Waals surface area contributed by atoms with Gasteiger partial charge in [-0.1, -0.05) is 29.8 Å². The molecule has 98 valence electrons. The summed E-state index contributed by atoms with van der Waals surface area (Å²) >= 11 is 0. The molecule has 18 heavy (non-hydrogen) atoms. The summed E-state index contributed by atoms with van der Waals surface area (Å²) in [4.78, 5) is 13.4. The minimum atomic E-state index is -0.211. The van der Waals surface area contributed by atoms with Gasteiger partial charge in [-0.25, -0.2) is 4.79 Å². The molecule has 0 saturated carbocycles. The third kappa shape index (κ3) is 3.23. The molecule has 1 aliphatic rings. The molecule has 1 fully saturated rings. The second-order valence-corrected chi connectivity index (χ2v) is 4.80. The molecule has 2 N–H and O–H groups in total. The lowest BCUT2D eigenvalue weighted by Gasteiger charge is -2.13. The number of carbonyl (C=O) groups is 1. The van der Waals surface area contributed by atoms with Gasteiger partial charge in [-0.3, -0.25) is 0 Å². The van der Waals surface area contributed by atoms with E-state index in [-0.39, 0.29) is 12.2 Å². The Kier molecular flexibility index (Phi) is 4.20. The zero-order valence-corrected chi connectivity index (χ0v) is 10.8. The molecule has 1 amide bonds. The highest BCUT2D eigenvalue weighted by atomic mass is 16.6. The van der Waals surface area contributed by atoms with Gasteiger partial charge in [0.1, 0.15) is 6.10 Å². The molecule has 0 aromatic heterocycles. The predicted octanol–water partition coefficient (Wildman–Crippen LogP) is 2.05. The van der Waals surface area contributed by atoms with Crippen LogP contribution in [0.1, 0.15) is 24.0 Å². The average molecular weight is 248 g/mol. The van der Waals surface area contributed by atoms with Gasteiger partial charge in [0, 0.05) is 6.54 Å². The molecular formula is C14H20N2O2. The van der Waals surface area contributed by atoms with Crippen molar-refractivity contribution in [2.75, 3.05) is 13.1 Å². The van der Waals surface area contributed by atoms with Gasteiger partial charge in [-0.2, -0.15) is 0 Å². The first-order chi connectivity index (χ1) is 8.69. The number of aryl methyl sites for hydroxylation is 1. The summed E-state index contributed by atoms with van der Waals surface area (Å²) in [5.74, 6) is 0. The van der Waals surface area contributed by atoms with Crippen LogP contribution in [0.25, 0.3) is 0 Å². The van der Waals surface area contributed by atoms with E-state index in [0.29, 0.717) is 19.6 Å². The van der Waals surface area contributed by atoms with Crippen molar-refractivity contribution in [3.05, 3.63) is 35.4 Å². The molecular weight excluding hydrogens is 228 g/mol. The summed E-state index contributed by atoms with van der Waals surface area (Å²) in [6.45, 7) is 3.99. The van der Waals surface area contributed by atoms with Gasteiger partial charge in [-0.15, -0.1) is 0 Å². The molecule has 1 saturated heterocycles. The second kappa shape index (κ2) is 5.87. The standard InChI is InChI=1S/C14H20N2O2/c1-11-4-6-12(7-5-11)9-16-10-13(3-2-8-15)18-14(16)17/h4-7,13H,2-3,8-10,15H2,1H3. The zero-order chi connectivity index (χ0) is 13.0. The largest absolute Gasteiger partial charge is 0.444 e.